The molecule has 10 nitrogen and oxygen atoms in total. The van der Waals surface area contributed by atoms with E-state index in [4.69, 9.17) is 9.47 Å². The Balaban J connectivity index is 1.26. The minimum atomic E-state index is -0.501. The number of anilines is 2. The Bertz CT molecular complexity index is 1360. The number of benzene rings is 2. The molecule has 1 fully saturated rings. The maximum absolute atomic E-state index is 12.9. The topological polar surface area (TPSA) is 126 Å². The lowest BCUT2D eigenvalue weighted by molar-refractivity contribution is 0.0164. The molecular formula is C29H36BN5O5. The summed E-state index contributed by atoms with van der Waals surface area (Å²) >= 11 is 0. The second kappa shape index (κ2) is 12.3. The molecule has 1 aromatic heterocycles. The van der Waals surface area contributed by atoms with Crippen molar-refractivity contribution in [1.29, 1.82) is 0 Å². The number of ether oxygens (including phenoxy) is 2. The van der Waals surface area contributed by atoms with Gasteiger partial charge in [-0.2, -0.15) is 0 Å². The molecule has 2 heterocycles. The minimum Gasteiger partial charge on any atom is -0.493 e. The Labute approximate surface area is 235 Å². The number of carbonyl (C=O) groups is 3. The highest BCUT2D eigenvalue weighted by Crippen LogP contribution is 2.23. The number of nitrogens with one attached hydrogen (secondary N) is 3. The molecule has 1 aliphatic heterocycles. The summed E-state index contributed by atoms with van der Waals surface area (Å²) in [6, 6.07) is 12.8. The van der Waals surface area contributed by atoms with Crippen molar-refractivity contribution in [3.63, 3.8) is 0 Å². The van der Waals surface area contributed by atoms with Gasteiger partial charge in [0.05, 0.1) is 12.9 Å². The van der Waals surface area contributed by atoms with Gasteiger partial charge in [0, 0.05) is 24.5 Å². The van der Waals surface area contributed by atoms with Gasteiger partial charge >= 0.3 is 6.09 Å². The van der Waals surface area contributed by atoms with Gasteiger partial charge in [0.15, 0.2) is 5.69 Å². The molecule has 0 bridgehead atoms. The second-order valence-electron chi connectivity index (χ2n) is 11.1. The SMILES string of the molecule is Bc1ccc(C)c(NC(=O)c2nc[nH]c2C(=O)Nc2ccc(OCC3CCN(C(=O)OC(C)(C)C)CC3)cc2)c1. The molecule has 0 spiro atoms. The molecule has 2 aromatic carbocycles. The molecule has 0 aliphatic carbocycles. The summed E-state index contributed by atoms with van der Waals surface area (Å²) in [5.41, 5.74) is 2.73. The van der Waals surface area contributed by atoms with E-state index in [2.05, 4.69) is 20.6 Å². The largest absolute Gasteiger partial charge is 0.493 e. The molecule has 3 N–H and O–H groups in total. The van der Waals surface area contributed by atoms with Gasteiger partial charge in [-0.25, -0.2) is 9.78 Å². The fourth-order valence-electron chi connectivity index (χ4n) is 4.34. The van der Waals surface area contributed by atoms with Crippen molar-refractivity contribution in [2.45, 2.75) is 46.1 Å². The second-order valence-corrected chi connectivity index (χ2v) is 11.1. The van der Waals surface area contributed by atoms with Crippen molar-refractivity contribution in [3.05, 3.63) is 65.7 Å². The third-order valence-electron chi connectivity index (χ3n) is 6.59. The molecule has 0 atom stereocenters. The molecule has 3 amide bonds. The highest BCUT2D eigenvalue weighted by atomic mass is 16.6. The lowest BCUT2D eigenvalue weighted by atomic mass is 9.94. The minimum absolute atomic E-state index is 0.0103. The first-order valence-corrected chi connectivity index (χ1v) is 13.4. The van der Waals surface area contributed by atoms with Crippen LogP contribution in [0.25, 0.3) is 0 Å². The smallest absolute Gasteiger partial charge is 0.410 e. The summed E-state index contributed by atoms with van der Waals surface area (Å²) in [5, 5.41) is 5.63. The van der Waals surface area contributed by atoms with Crippen LogP contribution in [-0.4, -0.2) is 65.9 Å². The highest BCUT2D eigenvalue weighted by Gasteiger charge is 2.27. The molecule has 210 valence electrons. The maximum Gasteiger partial charge on any atom is 0.410 e. The average molecular weight is 545 g/mol. The number of piperidine rings is 1. The molecule has 40 heavy (non-hydrogen) atoms. The molecular weight excluding hydrogens is 509 g/mol. The van der Waals surface area contributed by atoms with Crippen molar-refractivity contribution in [2.24, 2.45) is 5.92 Å². The summed E-state index contributed by atoms with van der Waals surface area (Å²) in [6.07, 6.45) is 2.74. The number of imidazole rings is 1. The predicted octanol–water partition coefficient (Wildman–Crippen LogP) is 3.51. The van der Waals surface area contributed by atoms with Gasteiger partial charge in [-0.05, 0) is 82.3 Å². The van der Waals surface area contributed by atoms with Gasteiger partial charge in [0.1, 0.15) is 24.9 Å². The predicted molar refractivity (Wildman–Crippen MR) is 156 cm³/mol. The van der Waals surface area contributed by atoms with Crippen molar-refractivity contribution in [3.8, 4) is 5.75 Å². The quantitative estimate of drug-likeness (QED) is 0.391. The number of hydrogen-bond acceptors (Lipinski definition) is 6. The van der Waals surface area contributed by atoms with Crippen LogP contribution in [0.1, 0.15) is 60.2 Å². The summed E-state index contributed by atoms with van der Waals surface area (Å²) in [5.74, 6) is 0.0732. The fourth-order valence-corrected chi connectivity index (χ4v) is 4.34. The zero-order valence-electron chi connectivity index (χ0n) is 23.7. The van der Waals surface area contributed by atoms with Gasteiger partial charge in [-0.1, -0.05) is 17.6 Å². The van der Waals surface area contributed by atoms with Crippen molar-refractivity contribution in [1.82, 2.24) is 14.9 Å². The van der Waals surface area contributed by atoms with Crippen LogP contribution >= 0.6 is 0 Å². The van der Waals surface area contributed by atoms with E-state index in [0.29, 0.717) is 42.7 Å². The Morgan fingerprint density at radius 3 is 2.42 bits per heavy atom. The summed E-state index contributed by atoms with van der Waals surface area (Å²) in [4.78, 5) is 46.6. The summed E-state index contributed by atoms with van der Waals surface area (Å²) < 4.78 is 11.4. The standard InChI is InChI=1S/C29H36BN5O5/c1-18-5-6-20(30)15-23(18)34-27(37)25-24(31-17-32-25)26(36)33-21-7-9-22(10-8-21)39-16-19-11-13-35(14-12-19)28(38)40-29(2,3)4/h5-10,15,17,19H,11-14,16,30H2,1-4H3,(H,31,32)(H,33,36)(H,34,37). The van der Waals surface area contributed by atoms with E-state index in [1.54, 1.807) is 29.2 Å². The lowest BCUT2D eigenvalue weighted by Crippen LogP contribution is -2.42. The van der Waals surface area contributed by atoms with E-state index >= 15 is 0 Å². The molecule has 0 radical (unpaired) electrons. The van der Waals surface area contributed by atoms with E-state index in [9.17, 15) is 14.4 Å². The van der Waals surface area contributed by atoms with E-state index in [1.807, 2.05) is 53.7 Å². The van der Waals surface area contributed by atoms with Gasteiger partial charge in [-0.15, -0.1) is 0 Å². The zero-order valence-corrected chi connectivity index (χ0v) is 23.7. The Morgan fingerprint density at radius 2 is 1.75 bits per heavy atom. The zero-order chi connectivity index (χ0) is 28.9. The number of likely N-dealkylation sites (tertiary alicyclic amines) is 1. The fraction of sp³-hybridized carbons (Fsp3) is 0.379. The van der Waals surface area contributed by atoms with E-state index in [1.165, 1.54) is 6.33 Å². The molecule has 1 aliphatic rings. The van der Waals surface area contributed by atoms with Gasteiger partial charge in [-0.3, -0.25) is 9.59 Å². The Hall–Kier alpha value is -4.28. The van der Waals surface area contributed by atoms with Crippen LogP contribution in [0.5, 0.6) is 5.75 Å². The average Bonchev–Trinajstić information content (AvgIpc) is 3.40. The molecule has 0 saturated carbocycles. The molecule has 3 aromatic rings. The van der Waals surface area contributed by atoms with E-state index in [0.717, 1.165) is 23.9 Å². The first-order valence-electron chi connectivity index (χ1n) is 13.4. The number of nitrogens with zero attached hydrogens (tertiary/aromatic N) is 2. The summed E-state index contributed by atoms with van der Waals surface area (Å²) in [6.45, 7) is 9.33. The van der Waals surface area contributed by atoms with E-state index < -0.39 is 17.4 Å². The number of aryl methyl sites for hydroxylation is 1. The van der Waals surface area contributed by atoms with Crippen LogP contribution in [0.15, 0.2) is 48.8 Å². The van der Waals surface area contributed by atoms with Crippen LogP contribution in [0.4, 0.5) is 16.2 Å². The first kappa shape index (κ1) is 28.7. The number of H-pyrrole nitrogens is 1. The molecule has 1 saturated heterocycles. The van der Waals surface area contributed by atoms with Crippen molar-refractivity contribution < 1.29 is 23.9 Å². The number of hydrogen-bond donors (Lipinski definition) is 3. The van der Waals surface area contributed by atoms with Crippen LogP contribution in [0.2, 0.25) is 0 Å². The highest BCUT2D eigenvalue weighted by molar-refractivity contribution is 6.32. The van der Waals surface area contributed by atoms with Crippen molar-refractivity contribution in [2.75, 3.05) is 30.3 Å². The van der Waals surface area contributed by atoms with Crippen LogP contribution in [0.3, 0.4) is 0 Å². The van der Waals surface area contributed by atoms with Crippen LogP contribution in [0, 0.1) is 12.8 Å². The maximum atomic E-state index is 12.9. The lowest BCUT2D eigenvalue weighted by Gasteiger charge is -2.33. The van der Waals surface area contributed by atoms with Gasteiger partial charge in [0.2, 0.25) is 0 Å². The third kappa shape index (κ3) is 7.65. The summed E-state index contributed by atoms with van der Waals surface area (Å²) in [7, 11) is 1.94. The Kier molecular flexibility index (Phi) is 8.81. The van der Waals surface area contributed by atoms with Crippen molar-refractivity contribution >= 4 is 42.6 Å². The number of amides is 3. The number of aromatic nitrogens is 2. The van der Waals surface area contributed by atoms with E-state index in [-0.39, 0.29) is 17.5 Å². The van der Waals surface area contributed by atoms with Gasteiger partial charge < -0.3 is 30.0 Å². The number of rotatable bonds is 7. The number of carbonyl (C=O) groups excluding carboxylic acids is 3. The monoisotopic (exact) mass is 545 g/mol. The number of aromatic amines is 1. The molecule has 11 heteroatoms. The van der Waals surface area contributed by atoms with Crippen LogP contribution < -0.4 is 20.8 Å². The molecule has 0 unspecified atom stereocenters. The Morgan fingerprint density at radius 1 is 1.05 bits per heavy atom. The normalized spacial score (nSPS) is 13.9. The van der Waals surface area contributed by atoms with Crippen LogP contribution in [-0.2, 0) is 4.74 Å². The molecule has 4 rings (SSSR count). The first-order chi connectivity index (χ1) is 19.0. The third-order valence-corrected chi connectivity index (χ3v) is 6.59. The van der Waals surface area contributed by atoms with Gasteiger partial charge in [0.25, 0.3) is 11.8 Å².